The second kappa shape index (κ2) is 5.45. The monoisotopic (exact) mass is 259 g/mol. The highest BCUT2D eigenvalue weighted by atomic mass is 16.5. The summed E-state index contributed by atoms with van der Waals surface area (Å²) in [6.45, 7) is 6.78. The van der Waals surface area contributed by atoms with Gasteiger partial charge in [-0.25, -0.2) is 0 Å². The molecule has 0 fully saturated rings. The van der Waals surface area contributed by atoms with Crippen LogP contribution in [-0.2, 0) is 6.42 Å². The molecule has 19 heavy (non-hydrogen) atoms. The van der Waals surface area contributed by atoms with Crippen LogP contribution in [-0.4, -0.2) is 23.9 Å². The summed E-state index contributed by atoms with van der Waals surface area (Å²) < 4.78 is 5.35. The average molecular weight is 259 g/mol. The number of nitrogens with two attached hydrogens (primary N) is 1. The molecule has 4 nitrogen and oxygen atoms in total. The minimum atomic E-state index is 0.627. The first-order chi connectivity index (χ1) is 9.08. The Labute approximate surface area is 114 Å². The first-order valence-electron chi connectivity index (χ1n) is 6.48. The Bertz CT molecular complexity index is 587. The maximum absolute atomic E-state index is 5.69. The van der Waals surface area contributed by atoms with Crippen LogP contribution in [0.3, 0.4) is 0 Å². The summed E-state index contributed by atoms with van der Waals surface area (Å²) in [6.07, 6.45) is 0.835. The van der Waals surface area contributed by atoms with Gasteiger partial charge in [-0.15, -0.1) is 0 Å². The molecule has 3 N–H and O–H groups in total. The SMILES string of the molecule is COc1cc(C)c(-c2n[nH]c(C)c2CCN)cc1C. The topological polar surface area (TPSA) is 63.9 Å². The van der Waals surface area contributed by atoms with E-state index in [1.807, 2.05) is 13.8 Å². The molecule has 102 valence electrons. The van der Waals surface area contributed by atoms with Crippen LogP contribution in [0.1, 0.15) is 22.4 Å². The van der Waals surface area contributed by atoms with Crippen LogP contribution in [0.4, 0.5) is 0 Å². The van der Waals surface area contributed by atoms with E-state index in [2.05, 4.69) is 29.3 Å². The number of nitrogens with zero attached hydrogens (tertiary/aromatic N) is 1. The highest BCUT2D eigenvalue weighted by Crippen LogP contribution is 2.31. The lowest BCUT2D eigenvalue weighted by Gasteiger charge is -2.11. The van der Waals surface area contributed by atoms with Crippen LogP contribution in [0.15, 0.2) is 12.1 Å². The maximum atomic E-state index is 5.69. The molecule has 0 saturated carbocycles. The number of rotatable bonds is 4. The molecule has 0 saturated heterocycles. The molecule has 1 aromatic heterocycles. The largest absolute Gasteiger partial charge is 0.496 e. The van der Waals surface area contributed by atoms with E-state index in [0.29, 0.717) is 6.54 Å². The molecule has 0 atom stereocenters. The molecule has 0 amide bonds. The fraction of sp³-hybridized carbons (Fsp3) is 0.400. The molecule has 0 radical (unpaired) electrons. The van der Waals surface area contributed by atoms with E-state index in [0.717, 1.165) is 40.2 Å². The van der Waals surface area contributed by atoms with Crippen molar-refractivity contribution in [1.29, 1.82) is 0 Å². The molecule has 0 bridgehead atoms. The third-order valence-corrected chi connectivity index (χ3v) is 3.47. The van der Waals surface area contributed by atoms with Crippen LogP contribution in [0.2, 0.25) is 0 Å². The Hall–Kier alpha value is -1.81. The number of methoxy groups -OCH3 is 1. The van der Waals surface area contributed by atoms with Crippen molar-refractivity contribution in [2.24, 2.45) is 5.73 Å². The quantitative estimate of drug-likeness (QED) is 0.886. The number of H-pyrrole nitrogens is 1. The van der Waals surface area contributed by atoms with Crippen molar-refractivity contribution in [3.05, 3.63) is 34.5 Å². The highest BCUT2D eigenvalue weighted by molar-refractivity contribution is 5.69. The molecule has 0 aliphatic rings. The van der Waals surface area contributed by atoms with Gasteiger partial charge in [0.25, 0.3) is 0 Å². The third kappa shape index (κ3) is 2.49. The summed E-state index contributed by atoms with van der Waals surface area (Å²) in [5, 5.41) is 7.50. The summed E-state index contributed by atoms with van der Waals surface area (Å²) >= 11 is 0. The predicted octanol–water partition coefficient (Wildman–Crippen LogP) is 2.51. The lowest BCUT2D eigenvalue weighted by molar-refractivity contribution is 0.411. The van der Waals surface area contributed by atoms with Crippen molar-refractivity contribution in [3.8, 4) is 17.0 Å². The molecular formula is C15H21N3O. The summed E-state index contributed by atoms with van der Waals surface area (Å²) in [4.78, 5) is 0. The minimum absolute atomic E-state index is 0.627. The second-order valence-corrected chi connectivity index (χ2v) is 4.85. The zero-order valence-electron chi connectivity index (χ0n) is 12.0. The zero-order valence-corrected chi connectivity index (χ0v) is 12.0. The number of hydrogen-bond donors (Lipinski definition) is 2. The Morgan fingerprint density at radius 1 is 1.21 bits per heavy atom. The predicted molar refractivity (Wildman–Crippen MR) is 77.5 cm³/mol. The van der Waals surface area contributed by atoms with Gasteiger partial charge in [-0.2, -0.15) is 5.10 Å². The fourth-order valence-corrected chi connectivity index (χ4v) is 2.39. The molecule has 0 aliphatic carbocycles. The zero-order chi connectivity index (χ0) is 14.0. The van der Waals surface area contributed by atoms with Crippen molar-refractivity contribution in [2.45, 2.75) is 27.2 Å². The molecule has 1 heterocycles. The van der Waals surface area contributed by atoms with E-state index < -0.39 is 0 Å². The van der Waals surface area contributed by atoms with Gasteiger partial charge in [0.05, 0.1) is 12.8 Å². The van der Waals surface area contributed by atoms with E-state index in [-0.39, 0.29) is 0 Å². The molecule has 0 spiro atoms. The number of nitrogens with one attached hydrogen (secondary N) is 1. The van der Waals surface area contributed by atoms with Crippen LogP contribution in [0, 0.1) is 20.8 Å². The van der Waals surface area contributed by atoms with E-state index in [1.54, 1.807) is 7.11 Å². The molecule has 0 aliphatic heterocycles. The number of ether oxygens (including phenoxy) is 1. The Balaban J connectivity index is 2.56. The average Bonchev–Trinajstić information content (AvgIpc) is 2.74. The van der Waals surface area contributed by atoms with Gasteiger partial charge in [0.15, 0.2) is 0 Å². The van der Waals surface area contributed by atoms with Crippen molar-refractivity contribution in [1.82, 2.24) is 10.2 Å². The van der Waals surface area contributed by atoms with Gasteiger partial charge in [0.1, 0.15) is 5.75 Å². The third-order valence-electron chi connectivity index (χ3n) is 3.47. The van der Waals surface area contributed by atoms with Gasteiger partial charge >= 0.3 is 0 Å². The van der Waals surface area contributed by atoms with Gasteiger partial charge < -0.3 is 10.5 Å². The van der Waals surface area contributed by atoms with Crippen LogP contribution in [0.25, 0.3) is 11.3 Å². The fourth-order valence-electron chi connectivity index (χ4n) is 2.39. The van der Waals surface area contributed by atoms with E-state index in [1.165, 1.54) is 5.56 Å². The summed E-state index contributed by atoms with van der Waals surface area (Å²) in [7, 11) is 1.69. The van der Waals surface area contributed by atoms with Gasteiger partial charge in [0, 0.05) is 16.8 Å². The molecular weight excluding hydrogens is 238 g/mol. The molecule has 2 rings (SSSR count). The van der Waals surface area contributed by atoms with Gasteiger partial charge in [-0.05, 0) is 57.0 Å². The molecule has 2 aromatic rings. The molecule has 0 unspecified atom stereocenters. The van der Waals surface area contributed by atoms with Crippen molar-refractivity contribution >= 4 is 0 Å². The van der Waals surface area contributed by atoms with Gasteiger partial charge in [0.2, 0.25) is 0 Å². The Kier molecular flexibility index (Phi) is 3.90. The second-order valence-electron chi connectivity index (χ2n) is 4.85. The minimum Gasteiger partial charge on any atom is -0.496 e. The van der Waals surface area contributed by atoms with Gasteiger partial charge in [-0.1, -0.05) is 0 Å². The normalized spacial score (nSPS) is 10.8. The van der Waals surface area contributed by atoms with Crippen molar-refractivity contribution in [3.63, 3.8) is 0 Å². The van der Waals surface area contributed by atoms with Crippen LogP contribution < -0.4 is 10.5 Å². The molecule has 4 heteroatoms. The summed E-state index contributed by atoms with van der Waals surface area (Å²) in [5.74, 6) is 0.911. The van der Waals surface area contributed by atoms with Gasteiger partial charge in [-0.3, -0.25) is 5.10 Å². The smallest absolute Gasteiger partial charge is 0.122 e. The Morgan fingerprint density at radius 2 is 1.95 bits per heavy atom. The summed E-state index contributed by atoms with van der Waals surface area (Å²) in [5.41, 5.74) is 12.4. The number of aromatic nitrogens is 2. The summed E-state index contributed by atoms with van der Waals surface area (Å²) in [6, 6.07) is 4.19. The van der Waals surface area contributed by atoms with Crippen molar-refractivity contribution < 1.29 is 4.74 Å². The van der Waals surface area contributed by atoms with Crippen molar-refractivity contribution in [2.75, 3.05) is 13.7 Å². The van der Waals surface area contributed by atoms with E-state index in [4.69, 9.17) is 10.5 Å². The number of benzene rings is 1. The Morgan fingerprint density at radius 3 is 2.58 bits per heavy atom. The highest BCUT2D eigenvalue weighted by Gasteiger charge is 2.15. The standard InChI is InChI=1S/C15H21N3O/c1-9-8-14(19-4)10(2)7-13(9)15-12(5-6-16)11(3)17-18-15/h7-8H,5-6,16H2,1-4H3,(H,17,18). The lowest BCUT2D eigenvalue weighted by Crippen LogP contribution is -2.04. The first kappa shape index (κ1) is 13.6. The van der Waals surface area contributed by atoms with Crippen LogP contribution >= 0.6 is 0 Å². The first-order valence-corrected chi connectivity index (χ1v) is 6.48. The number of aromatic amines is 1. The lowest BCUT2D eigenvalue weighted by atomic mass is 9.97. The van der Waals surface area contributed by atoms with E-state index in [9.17, 15) is 0 Å². The molecule has 1 aromatic carbocycles. The number of aryl methyl sites for hydroxylation is 3. The van der Waals surface area contributed by atoms with Crippen LogP contribution in [0.5, 0.6) is 5.75 Å². The maximum Gasteiger partial charge on any atom is 0.122 e. The van der Waals surface area contributed by atoms with E-state index >= 15 is 0 Å². The number of hydrogen-bond acceptors (Lipinski definition) is 3.